The number of rotatable bonds is 3. The Bertz CT molecular complexity index is 573. The Kier molecular flexibility index (Phi) is 4.40. The number of benzene rings is 1. The van der Waals surface area contributed by atoms with Crippen LogP contribution in [0.15, 0.2) is 24.3 Å². The molecule has 22 heavy (non-hydrogen) atoms. The maximum atomic E-state index is 12.5. The molecule has 118 valence electrons. The first-order chi connectivity index (χ1) is 10.7. The highest BCUT2D eigenvalue weighted by atomic mass is 16.5. The van der Waals surface area contributed by atoms with Crippen LogP contribution in [-0.2, 0) is 25.5 Å². The van der Waals surface area contributed by atoms with Gasteiger partial charge < -0.3 is 19.5 Å². The number of ether oxygens (including phenoxy) is 2. The number of aliphatic carboxylic acids is 1. The summed E-state index contributed by atoms with van der Waals surface area (Å²) in [5.41, 5.74) is 2.23. The van der Waals surface area contributed by atoms with Crippen molar-refractivity contribution in [2.24, 2.45) is 0 Å². The summed E-state index contributed by atoms with van der Waals surface area (Å²) in [6.45, 7) is 1.31. The van der Waals surface area contributed by atoms with E-state index < -0.39 is 12.0 Å². The van der Waals surface area contributed by atoms with Crippen LogP contribution < -0.4 is 0 Å². The summed E-state index contributed by atoms with van der Waals surface area (Å²) < 4.78 is 10.9. The number of nitrogens with zero attached hydrogens (tertiary/aromatic N) is 1. The number of fused-ring (bicyclic) bond motifs is 1. The van der Waals surface area contributed by atoms with Gasteiger partial charge in [0.2, 0.25) is 5.91 Å². The zero-order valence-electron chi connectivity index (χ0n) is 12.2. The molecule has 0 unspecified atom stereocenters. The molecule has 1 amide bonds. The zero-order chi connectivity index (χ0) is 15.5. The Hall–Kier alpha value is -1.92. The van der Waals surface area contributed by atoms with Gasteiger partial charge in [0.05, 0.1) is 32.3 Å². The minimum atomic E-state index is -1.03. The fraction of sp³-hybridized carbons (Fsp3) is 0.500. The molecule has 1 saturated heterocycles. The third-order valence-corrected chi connectivity index (χ3v) is 4.19. The van der Waals surface area contributed by atoms with E-state index in [1.54, 1.807) is 0 Å². The van der Waals surface area contributed by atoms with Crippen molar-refractivity contribution in [3.63, 3.8) is 0 Å². The molecule has 6 heteroatoms. The maximum absolute atomic E-state index is 12.5. The lowest BCUT2D eigenvalue weighted by Crippen LogP contribution is -2.52. The number of carbonyl (C=O) groups excluding carboxylic acids is 1. The normalized spacial score (nSPS) is 24.6. The van der Waals surface area contributed by atoms with Gasteiger partial charge in [-0.1, -0.05) is 24.3 Å². The van der Waals surface area contributed by atoms with Crippen LogP contribution in [0.1, 0.15) is 23.7 Å². The summed E-state index contributed by atoms with van der Waals surface area (Å²) in [4.78, 5) is 25.2. The molecule has 0 aliphatic carbocycles. The standard InChI is InChI=1S/C16H19NO5/c18-15(17-6-8-21-10-13(17)16(19)20)9-14-12-4-2-1-3-11(12)5-7-22-14/h1-4,13-14H,5-10H2,(H,19,20)/t13-,14+/m1/s1. The third-order valence-electron chi connectivity index (χ3n) is 4.19. The fourth-order valence-corrected chi connectivity index (χ4v) is 3.03. The van der Waals surface area contributed by atoms with Crippen LogP contribution in [0.5, 0.6) is 0 Å². The highest BCUT2D eigenvalue weighted by Crippen LogP contribution is 2.30. The van der Waals surface area contributed by atoms with Gasteiger partial charge in [-0.25, -0.2) is 4.79 Å². The average Bonchev–Trinajstić information content (AvgIpc) is 2.55. The van der Waals surface area contributed by atoms with Gasteiger partial charge in [-0.15, -0.1) is 0 Å². The Labute approximate surface area is 128 Å². The van der Waals surface area contributed by atoms with Crippen molar-refractivity contribution in [3.05, 3.63) is 35.4 Å². The molecule has 3 rings (SSSR count). The summed E-state index contributed by atoms with van der Waals surface area (Å²) in [6, 6.07) is 7.02. The average molecular weight is 305 g/mol. The van der Waals surface area contributed by atoms with Crippen molar-refractivity contribution >= 4 is 11.9 Å². The number of hydrogen-bond acceptors (Lipinski definition) is 4. The van der Waals surface area contributed by atoms with Crippen molar-refractivity contribution in [1.82, 2.24) is 4.90 Å². The highest BCUT2D eigenvalue weighted by molar-refractivity contribution is 5.84. The summed E-state index contributed by atoms with van der Waals surface area (Å²) in [6.07, 6.45) is 0.714. The van der Waals surface area contributed by atoms with E-state index >= 15 is 0 Å². The van der Waals surface area contributed by atoms with Crippen LogP contribution in [0.3, 0.4) is 0 Å². The van der Waals surface area contributed by atoms with Gasteiger partial charge in [-0.05, 0) is 17.5 Å². The Morgan fingerprint density at radius 2 is 2.09 bits per heavy atom. The molecule has 2 atom stereocenters. The van der Waals surface area contributed by atoms with E-state index in [1.165, 1.54) is 10.5 Å². The molecule has 2 aliphatic heterocycles. The second-order valence-electron chi connectivity index (χ2n) is 5.53. The van der Waals surface area contributed by atoms with E-state index in [2.05, 4.69) is 0 Å². The highest BCUT2D eigenvalue weighted by Gasteiger charge is 2.34. The Morgan fingerprint density at radius 3 is 2.91 bits per heavy atom. The van der Waals surface area contributed by atoms with Gasteiger partial charge in [0, 0.05) is 6.54 Å². The van der Waals surface area contributed by atoms with E-state index in [4.69, 9.17) is 9.47 Å². The zero-order valence-corrected chi connectivity index (χ0v) is 12.2. The van der Waals surface area contributed by atoms with E-state index in [0.717, 1.165) is 12.0 Å². The van der Waals surface area contributed by atoms with Gasteiger partial charge in [0.15, 0.2) is 6.04 Å². The molecule has 0 bridgehead atoms. The van der Waals surface area contributed by atoms with E-state index in [1.807, 2.05) is 24.3 Å². The van der Waals surface area contributed by atoms with Gasteiger partial charge in [-0.2, -0.15) is 0 Å². The molecule has 1 fully saturated rings. The molecule has 0 spiro atoms. The molecule has 2 heterocycles. The van der Waals surface area contributed by atoms with Crippen molar-refractivity contribution < 1.29 is 24.2 Å². The molecule has 0 aromatic heterocycles. The van der Waals surface area contributed by atoms with Crippen LogP contribution in [0, 0.1) is 0 Å². The molecular weight excluding hydrogens is 286 g/mol. The van der Waals surface area contributed by atoms with Crippen molar-refractivity contribution in [3.8, 4) is 0 Å². The van der Waals surface area contributed by atoms with Crippen molar-refractivity contribution in [2.45, 2.75) is 25.0 Å². The predicted octanol–water partition coefficient (Wildman–Crippen LogP) is 1.00. The van der Waals surface area contributed by atoms with Crippen molar-refractivity contribution in [1.29, 1.82) is 0 Å². The molecule has 0 saturated carbocycles. The first kappa shape index (κ1) is 15.0. The molecular formula is C16H19NO5. The quantitative estimate of drug-likeness (QED) is 0.901. The minimum absolute atomic E-state index is 0.0448. The lowest BCUT2D eigenvalue weighted by atomic mass is 9.95. The lowest BCUT2D eigenvalue weighted by Gasteiger charge is -2.34. The van der Waals surface area contributed by atoms with Crippen LogP contribution in [0.4, 0.5) is 0 Å². The molecule has 1 aromatic rings. The second kappa shape index (κ2) is 6.46. The van der Waals surface area contributed by atoms with E-state index in [0.29, 0.717) is 19.8 Å². The Balaban J connectivity index is 1.73. The summed E-state index contributed by atoms with van der Waals surface area (Å²) in [5, 5.41) is 9.22. The Morgan fingerprint density at radius 1 is 1.27 bits per heavy atom. The topological polar surface area (TPSA) is 76.1 Å². The summed E-state index contributed by atoms with van der Waals surface area (Å²) in [7, 11) is 0. The van der Waals surface area contributed by atoms with E-state index in [9.17, 15) is 14.7 Å². The first-order valence-electron chi connectivity index (χ1n) is 7.46. The maximum Gasteiger partial charge on any atom is 0.328 e. The van der Waals surface area contributed by atoms with E-state index in [-0.39, 0.29) is 25.0 Å². The molecule has 0 radical (unpaired) electrons. The van der Waals surface area contributed by atoms with Crippen molar-refractivity contribution in [2.75, 3.05) is 26.4 Å². The number of carbonyl (C=O) groups is 2. The molecule has 1 aromatic carbocycles. The summed E-state index contributed by atoms with van der Waals surface area (Å²) >= 11 is 0. The predicted molar refractivity (Wildman–Crippen MR) is 77.4 cm³/mol. The smallest absolute Gasteiger partial charge is 0.328 e. The van der Waals surface area contributed by atoms with Crippen LogP contribution in [0.2, 0.25) is 0 Å². The SMILES string of the molecule is O=C(O)[C@H]1COCCN1C(=O)C[C@@H]1OCCc2ccccc21. The minimum Gasteiger partial charge on any atom is -0.480 e. The molecule has 2 aliphatic rings. The first-order valence-corrected chi connectivity index (χ1v) is 7.46. The van der Waals surface area contributed by atoms with Crippen LogP contribution in [0.25, 0.3) is 0 Å². The second-order valence-corrected chi connectivity index (χ2v) is 5.53. The number of carboxylic acid groups (broad SMARTS) is 1. The third kappa shape index (κ3) is 2.98. The van der Waals surface area contributed by atoms with Gasteiger partial charge in [0.1, 0.15) is 0 Å². The number of carboxylic acids is 1. The van der Waals surface area contributed by atoms with Gasteiger partial charge in [0.25, 0.3) is 0 Å². The number of amides is 1. The van der Waals surface area contributed by atoms with Gasteiger partial charge in [-0.3, -0.25) is 4.79 Å². The molecule has 6 nitrogen and oxygen atoms in total. The largest absolute Gasteiger partial charge is 0.480 e. The number of morpholine rings is 1. The lowest BCUT2D eigenvalue weighted by molar-refractivity contribution is -0.159. The molecule has 1 N–H and O–H groups in total. The van der Waals surface area contributed by atoms with Crippen LogP contribution in [-0.4, -0.2) is 54.3 Å². The fourth-order valence-electron chi connectivity index (χ4n) is 3.03. The van der Waals surface area contributed by atoms with Crippen LogP contribution >= 0.6 is 0 Å². The number of hydrogen-bond donors (Lipinski definition) is 1. The monoisotopic (exact) mass is 305 g/mol. The van der Waals surface area contributed by atoms with Gasteiger partial charge >= 0.3 is 5.97 Å². The summed E-state index contributed by atoms with van der Waals surface area (Å²) in [5.74, 6) is -1.23.